The van der Waals surface area contributed by atoms with Crippen LogP contribution in [0.2, 0.25) is 0 Å². The minimum atomic E-state index is -0.529. The Hall–Kier alpha value is -2.60. The number of rotatable bonds is 3. The monoisotopic (exact) mass is 383 g/mol. The van der Waals surface area contributed by atoms with Crippen LogP contribution in [0.15, 0.2) is 56.6 Å². The largest absolute Gasteiger partial charge is 0.466 e. The summed E-state index contributed by atoms with van der Waals surface area (Å²) in [5, 5.41) is 5.35. The SMILES string of the molecule is COC(=O)C1=C(C)NC2=C(C(=O)C[C@@H](c3cccs3)C2)[C@H]1c1ccc(C)o1. The van der Waals surface area contributed by atoms with Crippen molar-refractivity contribution in [2.45, 2.75) is 38.5 Å². The molecule has 1 N–H and O–H groups in total. The van der Waals surface area contributed by atoms with E-state index in [1.165, 1.54) is 12.0 Å². The van der Waals surface area contributed by atoms with Gasteiger partial charge in [-0.1, -0.05) is 6.07 Å². The van der Waals surface area contributed by atoms with Crippen molar-refractivity contribution in [1.82, 2.24) is 5.32 Å². The molecule has 140 valence electrons. The maximum Gasteiger partial charge on any atom is 0.336 e. The fraction of sp³-hybridized carbons (Fsp3) is 0.333. The van der Waals surface area contributed by atoms with Crippen molar-refractivity contribution in [3.8, 4) is 0 Å². The molecule has 1 aliphatic heterocycles. The molecule has 0 aromatic carbocycles. The second-order valence-corrected chi connectivity index (χ2v) is 7.95. The number of allylic oxidation sites excluding steroid dienone is 3. The number of carbonyl (C=O) groups excluding carboxylic acids is 2. The Balaban J connectivity index is 1.81. The first kappa shape index (κ1) is 17.8. The number of aryl methyl sites for hydroxylation is 1. The van der Waals surface area contributed by atoms with Gasteiger partial charge in [0.2, 0.25) is 0 Å². The van der Waals surface area contributed by atoms with Crippen molar-refractivity contribution < 1.29 is 18.7 Å². The fourth-order valence-electron chi connectivity index (χ4n) is 4.04. The highest BCUT2D eigenvalue weighted by atomic mass is 32.1. The predicted octanol–water partition coefficient (Wildman–Crippen LogP) is 4.18. The van der Waals surface area contributed by atoms with Crippen molar-refractivity contribution in [3.05, 3.63) is 68.6 Å². The quantitative estimate of drug-likeness (QED) is 0.805. The van der Waals surface area contributed by atoms with Crippen LogP contribution in [-0.2, 0) is 14.3 Å². The predicted molar refractivity (Wildman–Crippen MR) is 102 cm³/mol. The molecule has 0 radical (unpaired) electrons. The first-order chi connectivity index (χ1) is 13.0. The number of esters is 1. The number of Topliss-reactive ketones (excluding diaryl/α,β-unsaturated/α-hetero) is 1. The Morgan fingerprint density at radius 1 is 1.26 bits per heavy atom. The number of carbonyl (C=O) groups is 2. The van der Waals surface area contributed by atoms with Gasteiger partial charge in [0.25, 0.3) is 0 Å². The number of ether oxygens (including phenoxy) is 1. The number of ketones is 1. The first-order valence-electron chi connectivity index (χ1n) is 8.91. The van der Waals surface area contributed by atoms with E-state index in [1.54, 1.807) is 11.3 Å². The molecule has 0 unspecified atom stereocenters. The summed E-state index contributed by atoms with van der Waals surface area (Å²) < 4.78 is 10.8. The van der Waals surface area contributed by atoms with Gasteiger partial charge in [-0.05, 0) is 43.8 Å². The second kappa shape index (κ2) is 6.85. The van der Waals surface area contributed by atoms with Crippen molar-refractivity contribution >= 4 is 23.1 Å². The molecule has 0 saturated carbocycles. The molecule has 2 aliphatic rings. The fourth-order valence-corrected chi connectivity index (χ4v) is 4.87. The molecule has 0 bridgehead atoms. The Kier molecular flexibility index (Phi) is 4.52. The van der Waals surface area contributed by atoms with Crippen LogP contribution in [0.3, 0.4) is 0 Å². The summed E-state index contributed by atoms with van der Waals surface area (Å²) in [5.41, 5.74) is 2.66. The standard InChI is InChI=1S/C21H21NO4S/c1-11-6-7-16(26-11)20-18(21(24)25-3)12(2)22-14-9-13(10-15(23)19(14)20)17-5-4-8-27-17/h4-8,13,20,22H,9-10H2,1-3H3/t13-,20-/m0/s1. The lowest BCUT2D eigenvalue weighted by molar-refractivity contribution is -0.136. The maximum absolute atomic E-state index is 13.2. The number of nitrogens with one attached hydrogen (secondary N) is 1. The van der Waals surface area contributed by atoms with E-state index in [9.17, 15) is 9.59 Å². The van der Waals surface area contributed by atoms with Gasteiger partial charge in [-0.25, -0.2) is 4.79 Å². The van der Waals surface area contributed by atoms with Gasteiger partial charge >= 0.3 is 5.97 Å². The van der Waals surface area contributed by atoms with Gasteiger partial charge in [0, 0.05) is 34.2 Å². The number of hydrogen-bond donors (Lipinski definition) is 1. The summed E-state index contributed by atoms with van der Waals surface area (Å²) in [7, 11) is 1.35. The molecule has 2 aromatic rings. The van der Waals surface area contributed by atoms with Gasteiger partial charge < -0.3 is 14.5 Å². The van der Waals surface area contributed by atoms with E-state index < -0.39 is 11.9 Å². The Morgan fingerprint density at radius 2 is 2.07 bits per heavy atom. The lowest BCUT2D eigenvalue weighted by atomic mass is 9.74. The van der Waals surface area contributed by atoms with Crippen LogP contribution < -0.4 is 5.32 Å². The average molecular weight is 383 g/mol. The van der Waals surface area contributed by atoms with Crippen molar-refractivity contribution in [2.75, 3.05) is 7.11 Å². The molecule has 0 amide bonds. The highest BCUT2D eigenvalue weighted by molar-refractivity contribution is 7.10. The van der Waals surface area contributed by atoms with Crippen molar-refractivity contribution in [3.63, 3.8) is 0 Å². The highest BCUT2D eigenvalue weighted by Crippen LogP contribution is 2.46. The van der Waals surface area contributed by atoms with Crippen molar-refractivity contribution in [2.24, 2.45) is 0 Å². The minimum absolute atomic E-state index is 0.0510. The number of thiophene rings is 1. The van der Waals surface area contributed by atoms with E-state index in [0.29, 0.717) is 29.0 Å². The van der Waals surface area contributed by atoms with Gasteiger partial charge in [-0.3, -0.25) is 4.79 Å². The lowest BCUT2D eigenvalue weighted by Crippen LogP contribution is -2.35. The third-order valence-electron chi connectivity index (χ3n) is 5.22. The van der Waals surface area contributed by atoms with E-state index >= 15 is 0 Å². The number of hydrogen-bond acceptors (Lipinski definition) is 6. The van der Waals surface area contributed by atoms with Gasteiger partial charge in [0.05, 0.1) is 18.6 Å². The smallest absolute Gasteiger partial charge is 0.336 e. The molecule has 2 atom stereocenters. The van der Waals surface area contributed by atoms with Crippen LogP contribution in [0.4, 0.5) is 0 Å². The number of methoxy groups -OCH3 is 1. The maximum atomic E-state index is 13.2. The topological polar surface area (TPSA) is 68.5 Å². The van der Waals surface area contributed by atoms with Gasteiger partial charge in [-0.15, -0.1) is 11.3 Å². The van der Waals surface area contributed by atoms with E-state index in [-0.39, 0.29) is 11.7 Å². The molecule has 1 aliphatic carbocycles. The highest BCUT2D eigenvalue weighted by Gasteiger charge is 2.42. The summed E-state index contributed by atoms with van der Waals surface area (Å²) in [6, 6.07) is 7.78. The second-order valence-electron chi connectivity index (χ2n) is 6.97. The van der Waals surface area contributed by atoms with Crippen LogP contribution in [0.25, 0.3) is 0 Å². The summed E-state index contributed by atoms with van der Waals surface area (Å²) in [6.45, 7) is 3.70. The van der Waals surface area contributed by atoms with E-state index in [0.717, 1.165) is 17.9 Å². The van der Waals surface area contributed by atoms with Crippen molar-refractivity contribution in [1.29, 1.82) is 0 Å². The Morgan fingerprint density at radius 3 is 2.70 bits per heavy atom. The molecule has 27 heavy (non-hydrogen) atoms. The molecular weight excluding hydrogens is 362 g/mol. The first-order valence-corrected chi connectivity index (χ1v) is 9.79. The zero-order valence-corrected chi connectivity index (χ0v) is 16.3. The van der Waals surface area contributed by atoms with E-state index in [4.69, 9.17) is 9.15 Å². The molecule has 3 heterocycles. The molecule has 0 saturated heterocycles. The average Bonchev–Trinajstić information content (AvgIpc) is 3.31. The summed E-state index contributed by atoms with van der Waals surface area (Å²) >= 11 is 1.67. The third kappa shape index (κ3) is 3.04. The normalized spacial score (nSPS) is 22.6. The molecule has 0 fully saturated rings. The zero-order chi connectivity index (χ0) is 19.1. The van der Waals surface area contributed by atoms with Crippen LogP contribution in [0.1, 0.15) is 48.0 Å². The van der Waals surface area contributed by atoms with E-state index in [2.05, 4.69) is 11.4 Å². The molecule has 2 aromatic heterocycles. The van der Waals surface area contributed by atoms with Crippen LogP contribution in [-0.4, -0.2) is 18.9 Å². The van der Waals surface area contributed by atoms with Gasteiger partial charge in [-0.2, -0.15) is 0 Å². The molecule has 0 spiro atoms. The minimum Gasteiger partial charge on any atom is -0.466 e. The summed E-state index contributed by atoms with van der Waals surface area (Å²) in [5.74, 6) is 0.583. The summed E-state index contributed by atoms with van der Waals surface area (Å²) in [4.78, 5) is 26.9. The van der Waals surface area contributed by atoms with Crippen LogP contribution >= 0.6 is 11.3 Å². The van der Waals surface area contributed by atoms with Gasteiger partial charge in [0.1, 0.15) is 11.5 Å². The zero-order valence-electron chi connectivity index (χ0n) is 15.5. The van der Waals surface area contributed by atoms with E-state index in [1.807, 2.05) is 37.4 Å². The number of dihydropyridines is 1. The van der Waals surface area contributed by atoms with Gasteiger partial charge in [0.15, 0.2) is 5.78 Å². The van der Waals surface area contributed by atoms with Crippen LogP contribution in [0, 0.1) is 6.92 Å². The lowest BCUT2D eigenvalue weighted by Gasteiger charge is -2.35. The van der Waals surface area contributed by atoms with Crippen LogP contribution in [0.5, 0.6) is 0 Å². The molecule has 6 heteroatoms. The number of furan rings is 1. The Labute approximate surface area is 161 Å². The third-order valence-corrected chi connectivity index (χ3v) is 6.26. The Bertz CT molecular complexity index is 964. The molecular formula is C21H21NO4S. The molecule has 5 nitrogen and oxygen atoms in total. The molecule has 4 rings (SSSR count). The summed E-state index contributed by atoms with van der Waals surface area (Å²) in [6.07, 6.45) is 1.17.